The highest BCUT2D eigenvalue weighted by Crippen LogP contribution is 2.31. The minimum Gasteiger partial charge on any atom is -0.486 e. The zero-order valence-electron chi connectivity index (χ0n) is 14.0. The van der Waals surface area contributed by atoms with E-state index in [0.29, 0.717) is 48.4 Å². The van der Waals surface area contributed by atoms with E-state index in [1.54, 1.807) is 25.3 Å². The second-order valence-electron chi connectivity index (χ2n) is 6.01. The smallest absolute Gasteiger partial charge is 0.227 e. The van der Waals surface area contributed by atoms with Gasteiger partial charge >= 0.3 is 0 Å². The fraction of sp³-hybridized carbons (Fsp3) is 0.471. The number of ether oxygens (including phenoxy) is 3. The van der Waals surface area contributed by atoms with Crippen molar-refractivity contribution < 1.29 is 23.5 Å². The molecule has 0 radical (unpaired) electrons. The van der Waals surface area contributed by atoms with Crippen LogP contribution in [0.1, 0.15) is 42.3 Å². The number of hydrogen-bond acceptors (Lipinski definition) is 7. The van der Waals surface area contributed by atoms with Crippen molar-refractivity contribution in [2.45, 2.75) is 32.3 Å². The van der Waals surface area contributed by atoms with Crippen molar-refractivity contribution in [3.63, 3.8) is 0 Å². The van der Waals surface area contributed by atoms with Crippen LogP contribution in [-0.2, 0) is 16.8 Å². The van der Waals surface area contributed by atoms with Gasteiger partial charge in [-0.15, -0.1) is 0 Å². The van der Waals surface area contributed by atoms with E-state index in [1.807, 2.05) is 13.8 Å². The number of benzene rings is 1. The zero-order chi connectivity index (χ0) is 17.2. The molecular formula is C17H20N2O5. The van der Waals surface area contributed by atoms with Gasteiger partial charge in [-0.25, -0.2) is 0 Å². The molecule has 7 heteroatoms. The van der Waals surface area contributed by atoms with Crippen LogP contribution in [0.2, 0.25) is 0 Å². The van der Waals surface area contributed by atoms with Gasteiger partial charge in [0, 0.05) is 25.5 Å². The van der Waals surface area contributed by atoms with Crippen LogP contribution >= 0.6 is 0 Å². The molecule has 24 heavy (non-hydrogen) atoms. The fourth-order valence-electron chi connectivity index (χ4n) is 2.27. The van der Waals surface area contributed by atoms with Crippen LogP contribution in [0, 0.1) is 0 Å². The zero-order valence-corrected chi connectivity index (χ0v) is 14.0. The molecular weight excluding hydrogens is 312 g/mol. The summed E-state index contributed by atoms with van der Waals surface area (Å²) in [5.74, 6) is 2.14. The quantitative estimate of drug-likeness (QED) is 0.752. The van der Waals surface area contributed by atoms with E-state index >= 15 is 0 Å². The number of aromatic nitrogens is 2. The number of rotatable bonds is 6. The molecule has 128 valence electrons. The third-order valence-electron chi connectivity index (χ3n) is 3.95. The highest BCUT2D eigenvalue weighted by molar-refractivity contribution is 5.96. The number of carbonyl (C=O) groups excluding carboxylic acids is 1. The van der Waals surface area contributed by atoms with Crippen LogP contribution in [0.3, 0.4) is 0 Å². The molecule has 7 nitrogen and oxygen atoms in total. The maximum Gasteiger partial charge on any atom is 0.227 e. The average molecular weight is 332 g/mol. The van der Waals surface area contributed by atoms with Gasteiger partial charge < -0.3 is 18.7 Å². The predicted octanol–water partition coefficient (Wildman–Crippen LogP) is 2.54. The monoisotopic (exact) mass is 332 g/mol. The lowest BCUT2D eigenvalue weighted by molar-refractivity contribution is 0.00973. The average Bonchev–Trinajstić information content (AvgIpc) is 3.09. The van der Waals surface area contributed by atoms with Gasteiger partial charge in [0.25, 0.3) is 0 Å². The molecule has 2 aromatic rings. The molecule has 1 aliphatic heterocycles. The molecule has 0 N–H and O–H groups in total. The normalized spacial score (nSPS) is 13.8. The molecule has 3 rings (SSSR count). The highest BCUT2D eigenvalue weighted by Gasteiger charge is 2.26. The molecule has 2 heterocycles. The highest BCUT2D eigenvalue weighted by atomic mass is 16.6. The summed E-state index contributed by atoms with van der Waals surface area (Å²) in [6.45, 7) is 4.71. The SMILES string of the molecule is COC(C)(C)c1noc(CCC(=O)c2ccc3c(c2)OCCO3)n1. The molecule has 1 aromatic heterocycles. The molecule has 0 saturated heterocycles. The van der Waals surface area contributed by atoms with Crippen LogP contribution in [0.4, 0.5) is 0 Å². The molecule has 0 spiro atoms. The Bertz CT molecular complexity index is 738. The van der Waals surface area contributed by atoms with Gasteiger partial charge in [-0.3, -0.25) is 4.79 Å². The van der Waals surface area contributed by atoms with Gasteiger partial charge in [0.05, 0.1) is 0 Å². The Hall–Kier alpha value is -2.41. The molecule has 0 fully saturated rings. The number of nitrogens with zero attached hydrogens (tertiary/aromatic N) is 2. The van der Waals surface area contributed by atoms with Gasteiger partial charge in [0.1, 0.15) is 18.8 Å². The predicted molar refractivity (Wildman–Crippen MR) is 84.4 cm³/mol. The van der Waals surface area contributed by atoms with E-state index in [9.17, 15) is 4.79 Å². The molecule has 0 bridgehead atoms. The lowest BCUT2D eigenvalue weighted by atomic mass is 10.1. The van der Waals surface area contributed by atoms with Gasteiger partial charge in [-0.1, -0.05) is 5.16 Å². The topological polar surface area (TPSA) is 83.7 Å². The molecule has 1 aromatic carbocycles. The van der Waals surface area contributed by atoms with Crippen molar-refractivity contribution in [2.24, 2.45) is 0 Å². The standard InChI is InChI=1S/C17H20N2O5/c1-17(2,21-3)16-18-15(24-19-16)7-5-12(20)11-4-6-13-14(10-11)23-9-8-22-13/h4,6,10H,5,7-9H2,1-3H3. The first-order valence-electron chi connectivity index (χ1n) is 7.80. The molecule has 0 saturated carbocycles. The number of hydrogen-bond donors (Lipinski definition) is 0. The summed E-state index contributed by atoms with van der Waals surface area (Å²) in [5.41, 5.74) is -0.0436. The van der Waals surface area contributed by atoms with E-state index < -0.39 is 5.60 Å². The minimum absolute atomic E-state index is 0.0160. The van der Waals surface area contributed by atoms with E-state index in [2.05, 4.69) is 10.1 Å². The third-order valence-corrected chi connectivity index (χ3v) is 3.95. The molecule has 0 amide bonds. The minimum atomic E-state index is -0.623. The number of ketones is 1. The Morgan fingerprint density at radius 3 is 2.75 bits per heavy atom. The number of carbonyl (C=O) groups is 1. The van der Waals surface area contributed by atoms with E-state index in [-0.39, 0.29) is 12.2 Å². The van der Waals surface area contributed by atoms with Crippen LogP contribution in [-0.4, -0.2) is 36.2 Å². The van der Waals surface area contributed by atoms with Crippen LogP contribution in [0.5, 0.6) is 11.5 Å². The van der Waals surface area contributed by atoms with E-state index in [1.165, 1.54) is 0 Å². The van der Waals surface area contributed by atoms with Crippen molar-refractivity contribution in [2.75, 3.05) is 20.3 Å². The Kier molecular flexibility index (Phi) is 4.53. The van der Waals surface area contributed by atoms with Crippen molar-refractivity contribution in [3.8, 4) is 11.5 Å². The molecule has 0 aliphatic carbocycles. The van der Waals surface area contributed by atoms with E-state index in [0.717, 1.165) is 0 Å². The summed E-state index contributed by atoms with van der Waals surface area (Å²) in [6.07, 6.45) is 0.648. The first kappa shape index (κ1) is 16.4. The Labute approximate surface area is 139 Å². The largest absolute Gasteiger partial charge is 0.486 e. The number of Topliss-reactive ketones (excluding diaryl/α,β-unsaturated/α-hetero) is 1. The van der Waals surface area contributed by atoms with Crippen molar-refractivity contribution in [1.29, 1.82) is 0 Å². The molecule has 0 atom stereocenters. The lowest BCUT2D eigenvalue weighted by Gasteiger charge is -2.18. The summed E-state index contributed by atoms with van der Waals surface area (Å²) < 4.78 is 21.4. The summed E-state index contributed by atoms with van der Waals surface area (Å²) in [5, 5.41) is 3.91. The van der Waals surface area contributed by atoms with Gasteiger partial charge in [0.2, 0.25) is 11.7 Å². The van der Waals surface area contributed by atoms with Crippen LogP contribution in [0.25, 0.3) is 0 Å². The summed E-state index contributed by atoms with van der Waals surface area (Å²) in [4.78, 5) is 16.6. The fourth-order valence-corrected chi connectivity index (χ4v) is 2.27. The molecule has 0 unspecified atom stereocenters. The van der Waals surface area contributed by atoms with Crippen LogP contribution in [0.15, 0.2) is 22.7 Å². The van der Waals surface area contributed by atoms with Gasteiger partial charge in [-0.2, -0.15) is 4.98 Å². The van der Waals surface area contributed by atoms with Gasteiger partial charge in [-0.05, 0) is 32.0 Å². The second kappa shape index (κ2) is 6.60. The molecule has 1 aliphatic rings. The Morgan fingerprint density at radius 1 is 1.25 bits per heavy atom. The second-order valence-corrected chi connectivity index (χ2v) is 6.01. The maximum absolute atomic E-state index is 12.4. The summed E-state index contributed by atoms with van der Waals surface area (Å²) in [6, 6.07) is 5.21. The maximum atomic E-state index is 12.4. The number of fused-ring (bicyclic) bond motifs is 1. The van der Waals surface area contributed by atoms with Crippen molar-refractivity contribution in [3.05, 3.63) is 35.5 Å². The lowest BCUT2D eigenvalue weighted by Crippen LogP contribution is -2.21. The number of methoxy groups -OCH3 is 1. The third kappa shape index (κ3) is 3.41. The first-order valence-corrected chi connectivity index (χ1v) is 7.80. The first-order chi connectivity index (χ1) is 11.5. The van der Waals surface area contributed by atoms with E-state index in [4.69, 9.17) is 18.7 Å². The summed E-state index contributed by atoms with van der Waals surface area (Å²) in [7, 11) is 1.58. The Morgan fingerprint density at radius 2 is 2.00 bits per heavy atom. The number of aryl methyl sites for hydroxylation is 1. The van der Waals surface area contributed by atoms with Crippen molar-refractivity contribution >= 4 is 5.78 Å². The Balaban J connectivity index is 1.64. The van der Waals surface area contributed by atoms with Gasteiger partial charge in [0.15, 0.2) is 17.3 Å². The van der Waals surface area contributed by atoms with Crippen LogP contribution < -0.4 is 9.47 Å². The summed E-state index contributed by atoms with van der Waals surface area (Å²) >= 11 is 0. The van der Waals surface area contributed by atoms with Crippen molar-refractivity contribution in [1.82, 2.24) is 10.1 Å².